The maximum Gasteiger partial charge on any atom is 0.325 e. The van der Waals surface area contributed by atoms with Gasteiger partial charge in [0.05, 0.1) is 0 Å². The lowest BCUT2D eigenvalue weighted by Gasteiger charge is -2.32. The largest absolute Gasteiger partial charge is 0.351 e. The summed E-state index contributed by atoms with van der Waals surface area (Å²) >= 11 is 0. The van der Waals surface area contributed by atoms with Gasteiger partial charge in [0.15, 0.2) is 0 Å². The van der Waals surface area contributed by atoms with E-state index in [9.17, 15) is 14.4 Å². The summed E-state index contributed by atoms with van der Waals surface area (Å²) in [5, 5.41) is 5.82. The molecule has 25 heavy (non-hydrogen) atoms. The third-order valence-electron chi connectivity index (χ3n) is 5.81. The fourth-order valence-electron chi connectivity index (χ4n) is 4.39. The van der Waals surface area contributed by atoms with E-state index in [2.05, 4.69) is 10.6 Å². The Morgan fingerprint density at radius 1 is 1.16 bits per heavy atom. The van der Waals surface area contributed by atoms with Crippen molar-refractivity contribution in [3.8, 4) is 0 Å². The Bertz CT molecular complexity index is 522. The topological polar surface area (TPSA) is 105 Å². The fourth-order valence-corrected chi connectivity index (χ4v) is 4.39. The van der Waals surface area contributed by atoms with Gasteiger partial charge in [0.25, 0.3) is 5.91 Å². The standard InChI is InChI=1S/C17H28N4O3.ClH/c18-10-12-6-2-3-7-13(12)19-14(22)11-21-15(23)17(20-16(21)24)8-4-1-5-9-17;/h12-13H,1-11,18H2,(H,19,22)(H,20,24);1H. The van der Waals surface area contributed by atoms with Crippen LogP contribution < -0.4 is 16.4 Å². The highest BCUT2D eigenvalue weighted by Crippen LogP contribution is 2.33. The van der Waals surface area contributed by atoms with Crippen molar-refractivity contribution in [1.29, 1.82) is 0 Å². The van der Waals surface area contributed by atoms with Gasteiger partial charge in [-0.2, -0.15) is 0 Å². The van der Waals surface area contributed by atoms with Crippen LogP contribution in [0.15, 0.2) is 0 Å². The molecule has 1 heterocycles. The second-order valence-corrected chi connectivity index (χ2v) is 7.42. The van der Waals surface area contributed by atoms with E-state index in [0.717, 1.165) is 49.8 Å². The predicted octanol–water partition coefficient (Wildman–Crippen LogP) is 1.30. The van der Waals surface area contributed by atoms with E-state index in [1.165, 1.54) is 0 Å². The monoisotopic (exact) mass is 372 g/mol. The van der Waals surface area contributed by atoms with Crippen molar-refractivity contribution in [2.45, 2.75) is 69.4 Å². The maximum absolute atomic E-state index is 12.7. The van der Waals surface area contributed by atoms with Crippen molar-refractivity contribution in [2.75, 3.05) is 13.1 Å². The number of hydrogen-bond acceptors (Lipinski definition) is 4. The minimum absolute atomic E-state index is 0. The van der Waals surface area contributed by atoms with Crippen LogP contribution in [0.3, 0.4) is 0 Å². The molecule has 8 heteroatoms. The van der Waals surface area contributed by atoms with E-state index < -0.39 is 11.6 Å². The molecule has 4 amide bonds. The van der Waals surface area contributed by atoms with E-state index >= 15 is 0 Å². The van der Waals surface area contributed by atoms with Crippen LogP contribution in [-0.4, -0.2) is 47.4 Å². The van der Waals surface area contributed by atoms with Gasteiger partial charge in [-0.1, -0.05) is 32.1 Å². The van der Waals surface area contributed by atoms with Crippen molar-refractivity contribution >= 4 is 30.3 Å². The van der Waals surface area contributed by atoms with Crippen molar-refractivity contribution in [3.05, 3.63) is 0 Å². The van der Waals surface area contributed by atoms with E-state index in [4.69, 9.17) is 5.73 Å². The smallest absolute Gasteiger partial charge is 0.325 e. The van der Waals surface area contributed by atoms with Gasteiger partial charge >= 0.3 is 6.03 Å². The van der Waals surface area contributed by atoms with Crippen molar-refractivity contribution < 1.29 is 14.4 Å². The van der Waals surface area contributed by atoms with Crippen LogP contribution in [0.1, 0.15) is 57.8 Å². The van der Waals surface area contributed by atoms with Gasteiger partial charge in [-0.15, -0.1) is 12.4 Å². The van der Waals surface area contributed by atoms with Crippen LogP contribution in [0.4, 0.5) is 4.79 Å². The highest BCUT2D eigenvalue weighted by Gasteiger charge is 2.51. The number of carbonyl (C=O) groups excluding carboxylic acids is 3. The molecular weight excluding hydrogens is 344 g/mol. The first-order valence-electron chi connectivity index (χ1n) is 9.19. The Labute approximate surface area is 154 Å². The minimum Gasteiger partial charge on any atom is -0.351 e. The third-order valence-corrected chi connectivity index (χ3v) is 5.81. The molecule has 142 valence electrons. The SMILES string of the molecule is Cl.NCC1CCCCC1NC(=O)CN1C(=O)NC2(CCCCC2)C1=O. The molecule has 1 spiro atoms. The zero-order chi connectivity index (χ0) is 17.2. The Hall–Kier alpha value is -1.34. The maximum atomic E-state index is 12.7. The molecule has 2 unspecified atom stereocenters. The lowest BCUT2D eigenvalue weighted by Crippen LogP contribution is -2.50. The second-order valence-electron chi connectivity index (χ2n) is 7.42. The van der Waals surface area contributed by atoms with Gasteiger partial charge in [-0.3, -0.25) is 14.5 Å². The average molecular weight is 373 g/mol. The quantitative estimate of drug-likeness (QED) is 0.647. The van der Waals surface area contributed by atoms with E-state index in [-0.39, 0.29) is 42.7 Å². The van der Waals surface area contributed by atoms with E-state index in [1.54, 1.807) is 0 Å². The third kappa shape index (κ3) is 4.08. The summed E-state index contributed by atoms with van der Waals surface area (Å²) in [6, 6.07) is -0.378. The van der Waals surface area contributed by atoms with Gasteiger partial charge < -0.3 is 16.4 Å². The van der Waals surface area contributed by atoms with Crippen LogP contribution in [0, 0.1) is 5.92 Å². The first kappa shape index (κ1) is 20.0. The Morgan fingerprint density at radius 2 is 1.84 bits per heavy atom. The average Bonchev–Trinajstić information content (AvgIpc) is 2.80. The van der Waals surface area contributed by atoms with E-state index in [0.29, 0.717) is 19.4 Å². The number of rotatable bonds is 4. The van der Waals surface area contributed by atoms with Gasteiger partial charge in [0.2, 0.25) is 5.91 Å². The molecule has 3 rings (SSSR count). The van der Waals surface area contributed by atoms with Gasteiger partial charge in [0, 0.05) is 6.04 Å². The molecule has 0 bridgehead atoms. The molecule has 0 radical (unpaired) electrons. The van der Waals surface area contributed by atoms with Gasteiger partial charge in [0.1, 0.15) is 12.1 Å². The Morgan fingerprint density at radius 3 is 2.52 bits per heavy atom. The predicted molar refractivity (Wildman–Crippen MR) is 96.3 cm³/mol. The lowest BCUT2D eigenvalue weighted by molar-refractivity contribution is -0.136. The molecule has 1 saturated heterocycles. The number of urea groups is 1. The Kier molecular flexibility index (Phi) is 6.68. The zero-order valence-electron chi connectivity index (χ0n) is 14.6. The van der Waals surface area contributed by atoms with Gasteiger partial charge in [-0.05, 0) is 38.1 Å². The van der Waals surface area contributed by atoms with Crippen molar-refractivity contribution in [2.24, 2.45) is 11.7 Å². The fraction of sp³-hybridized carbons (Fsp3) is 0.824. The molecule has 1 aliphatic heterocycles. The minimum atomic E-state index is -0.764. The first-order chi connectivity index (χ1) is 11.6. The van der Waals surface area contributed by atoms with Crippen LogP contribution in [0.5, 0.6) is 0 Å². The highest BCUT2D eigenvalue weighted by molar-refractivity contribution is 6.09. The molecule has 3 aliphatic rings. The number of imide groups is 1. The molecule has 7 nitrogen and oxygen atoms in total. The number of nitrogens with two attached hydrogens (primary N) is 1. The summed E-state index contributed by atoms with van der Waals surface area (Å²) in [7, 11) is 0. The molecular formula is C17H29ClN4O3. The first-order valence-corrected chi connectivity index (χ1v) is 9.19. The van der Waals surface area contributed by atoms with Crippen molar-refractivity contribution in [1.82, 2.24) is 15.5 Å². The second kappa shape index (κ2) is 8.36. The number of amides is 4. The normalized spacial score (nSPS) is 28.4. The summed E-state index contributed by atoms with van der Waals surface area (Å²) in [6.07, 6.45) is 8.47. The van der Waals surface area contributed by atoms with Gasteiger partial charge in [-0.25, -0.2) is 4.79 Å². The molecule has 2 aliphatic carbocycles. The number of carbonyl (C=O) groups is 3. The molecule has 2 saturated carbocycles. The summed E-state index contributed by atoms with van der Waals surface area (Å²) in [4.78, 5) is 38.3. The van der Waals surface area contributed by atoms with Crippen LogP contribution in [-0.2, 0) is 9.59 Å². The summed E-state index contributed by atoms with van der Waals surface area (Å²) in [5.41, 5.74) is 5.03. The molecule has 0 aromatic heterocycles. The van der Waals surface area contributed by atoms with E-state index in [1.807, 2.05) is 0 Å². The summed E-state index contributed by atoms with van der Waals surface area (Å²) in [5.74, 6) is -0.214. The van der Waals surface area contributed by atoms with Crippen LogP contribution >= 0.6 is 12.4 Å². The van der Waals surface area contributed by atoms with Crippen LogP contribution in [0.25, 0.3) is 0 Å². The molecule has 3 fully saturated rings. The summed E-state index contributed by atoms with van der Waals surface area (Å²) < 4.78 is 0. The molecule has 2 atom stereocenters. The highest BCUT2D eigenvalue weighted by atomic mass is 35.5. The van der Waals surface area contributed by atoms with Crippen molar-refractivity contribution in [3.63, 3.8) is 0 Å². The van der Waals surface area contributed by atoms with Crippen LogP contribution in [0.2, 0.25) is 0 Å². The molecule has 4 N–H and O–H groups in total. The number of nitrogens with zero attached hydrogens (tertiary/aromatic N) is 1. The number of nitrogens with one attached hydrogen (secondary N) is 2. The number of hydrogen-bond donors (Lipinski definition) is 3. The Balaban J connectivity index is 0.00000225. The zero-order valence-corrected chi connectivity index (χ0v) is 15.4. The lowest BCUT2D eigenvalue weighted by atomic mass is 9.82. The summed E-state index contributed by atoms with van der Waals surface area (Å²) in [6.45, 7) is 0.359. The molecule has 0 aromatic carbocycles. The molecule has 0 aromatic rings. The number of halogens is 1.